The summed E-state index contributed by atoms with van der Waals surface area (Å²) in [7, 11) is 0. The zero-order chi connectivity index (χ0) is 17.6. The topological polar surface area (TPSA) is 49.4 Å². The van der Waals surface area contributed by atoms with Crippen molar-refractivity contribution in [2.24, 2.45) is 5.92 Å². The number of hydrogen-bond acceptors (Lipinski definition) is 2. The van der Waals surface area contributed by atoms with Crippen LogP contribution in [-0.2, 0) is 11.3 Å². The number of aryl methyl sites for hydroxylation is 1. The largest absolute Gasteiger partial charge is 0.352 e. The number of piperidine rings is 1. The molecule has 1 aliphatic heterocycles. The fraction of sp³-hybridized carbons (Fsp3) is 0.333. The Bertz CT molecular complexity index is 735. The number of amides is 2. The van der Waals surface area contributed by atoms with Crippen LogP contribution in [0.1, 0.15) is 34.3 Å². The number of nitrogens with zero attached hydrogens (tertiary/aromatic N) is 1. The van der Waals surface area contributed by atoms with Gasteiger partial charge in [-0.05, 0) is 43.0 Å². The molecule has 130 valence electrons. The van der Waals surface area contributed by atoms with E-state index in [1.807, 2.05) is 53.4 Å². The second-order valence-electron chi connectivity index (χ2n) is 6.58. The van der Waals surface area contributed by atoms with Gasteiger partial charge in [-0.1, -0.05) is 42.5 Å². The molecular formula is C21H24N2O2. The van der Waals surface area contributed by atoms with Crippen LogP contribution in [-0.4, -0.2) is 29.8 Å². The van der Waals surface area contributed by atoms with Gasteiger partial charge in [-0.25, -0.2) is 0 Å². The van der Waals surface area contributed by atoms with Crippen LogP contribution in [0.5, 0.6) is 0 Å². The van der Waals surface area contributed by atoms with Crippen LogP contribution in [0.3, 0.4) is 0 Å². The number of carbonyl (C=O) groups excluding carboxylic acids is 2. The number of rotatable bonds is 4. The third-order valence-corrected chi connectivity index (χ3v) is 4.89. The van der Waals surface area contributed by atoms with E-state index in [2.05, 4.69) is 18.3 Å². The monoisotopic (exact) mass is 336 g/mol. The Morgan fingerprint density at radius 3 is 2.32 bits per heavy atom. The van der Waals surface area contributed by atoms with Crippen molar-refractivity contribution in [3.05, 3.63) is 71.3 Å². The molecule has 25 heavy (non-hydrogen) atoms. The van der Waals surface area contributed by atoms with Crippen LogP contribution >= 0.6 is 0 Å². The molecule has 1 N–H and O–H groups in total. The average molecular weight is 336 g/mol. The van der Waals surface area contributed by atoms with E-state index in [1.54, 1.807) is 0 Å². The zero-order valence-corrected chi connectivity index (χ0v) is 14.6. The number of nitrogens with one attached hydrogen (secondary N) is 1. The van der Waals surface area contributed by atoms with Crippen molar-refractivity contribution in [2.45, 2.75) is 26.3 Å². The van der Waals surface area contributed by atoms with Crippen LogP contribution in [0.2, 0.25) is 0 Å². The molecule has 0 bridgehead atoms. The normalized spacial score (nSPS) is 15.0. The third kappa shape index (κ3) is 4.27. The van der Waals surface area contributed by atoms with E-state index in [-0.39, 0.29) is 17.7 Å². The van der Waals surface area contributed by atoms with Gasteiger partial charge in [0.2, 0.25) is 5.91 Å². The molecule has 2 amide bonds. The summed E-state index contributed by atoms with van der Waals surface area (Å²) in [6, 6.07) is 17.4. The Kier molecular flexibility index (Phi) is 5.49. The summed E-state index contributed by atoms with van der Waals surface area (Å²) < 4.78 is 0. The lowest BCUT2D eigenvalue weighted by Crippen LogP contribution is -2.42. The maximum Gasteiger partial charge on any atom is 0.253 e. The molecule has 4 heteroatoms. The fourth-order valence-corrected chi connectivity index (χ4v) is 3.24. The number of carbonyl (C=O) groups is 2. The standard InChI is InChI=1S/C21H24N2O2/c1-16-7-5-6-10-19(16)15-22-20(24)17-11-13-23(14-12-17)21(25)18-8-3-2-4-9-18/h2-10,17H,11-15H2,1H3,(H,22,24). The average Bonchev–Trinajstić information content (AvgIpc) is 2.67. The van der Waals surface area contributed by atoms with Gasteiger partial charge in [-0.15, -0.1) is 0 Å². The smallest absolute Gasteiger partial charge is 0.253 e. The molecule has 3 rings (SSSR count). The molecule has 1 fully saturated rings. The summed E-state index contributed by atoms with van der Waals surface area (Å²) in [6.07, 6.45) is 1.44. The number of hydrogen-bond donors (Lipinski definition) is 1. The van der Waals surface area contributed by atoms with Crippen LogP contribution < -0.4 is 5.32 Å². The lowest BCUT2D eigenvalue weighted by Gasteiger charge is -2.31. The maximum absolute atomic E-state index is 12.4. The number of likely N-dealkylation sites (tertiary alicyclic amines) is 1. The summed E-state index contributed by atoms with van der Waals surface area (Å²) in [5.41, 5.74) is 3.04. The molecule has 0 aliphatic carbocycles. The molecule has 0 aromatic heterocycles. The summed E-state index contributed by atoms with van der Waals surface area (Å²) in [6.45, 7) is 3.89. The zero-order valence-electron chi connectivity index (χ0n) is 14.6. The maximum atomic E-state index is 12.4. The van der Waals surface area contributed by atoms with Gasteiger partial charge in [0.1, 0.15) is 0 Å². The summed E-state index contributed by atoms with van der Waals surface area (Å²) in [5, 5.41) is 3.04. The van der Waals surface area contributed by atoms with Crippen LogP contribution in [0.25, 0.3) is 0 Å². The van der Waals surface area contributed by atoms with Crippen LogP contribution in [0, 0.1) is 12.8 Å². The van der Waals surface area contributed by atoms with Gasteiger partial charge in [0.25, 0.3) is 5.91 Å². The third-order valence-electron chi connectivity index (χ3n) is 4.89. The Labute approximate surface area is 148 Å². The van der Waals surface area contributed by atoms with Gasteiger partial charge in [-0.2, -0.15) is 0 Å². The summed E-state index contributed by atoms with van der Waals surface area (Å²) >= 11 is 0. The molecule has 0 atom stereocenters. The van der Waals surface area contributed by atoms with Crippen molar-refractivity contribution in [3.63, 3.8) is 0 Å². The van der Waals surface area contributed by atoms with Crippen molar-refractivity contribution >= 4 is 11.8 Å². The van der Waals surface area contributed by atoms with Gasteiger partial charge in [-0.3, -0.25) is 9.59 Å². The molecule has 0 saturated carbocycles. The molecular weight excluding hydrogens is 312 g/mol. The quantitative estimate of drug-likeness (QED) is 0.932. The molecule has 0 radical (unpaired) electrons. The molecule has 2 aromatic rings. The van der Waals surface area contributed by atoms with E-state index in [9.17, 15) is 9.59 Å². The second kappa shape index (κ2) is 7.97. The fourth-order valence-electron chi connectivity index (χ4n) is 3.24. The minimum Gasteiger partial charge on any atom is -0.352 e. The first-order valence-electron chi connectivity index (χ1n) is 8.81. The predicted octanol–water partition coefficient (Wildman–Crippen LogP) is 3.16. The molecule has 1 aliphatic rings. The van der Waals surface area contributed by atoms with Crippen molar-refractivity contribution in [1.29, 1.82) is 0 Å². The molecule has 0 unspecified atom stereocenters. The van der Waals surface area contributed by atoms with Gasteiger partial charge in [0.05, 0.1) is 0 Å². The minimum absolute atomic E-state index is 0.0103. The van der Waals surface area contributed by atoms with Crippen molar-refractivity contribution in [1.82, 2.24) is 10.2 Å². The van der Waals surface area contributed by atoms with E-state index < -0.39 is 0 Å². The Morgan fingerprint density at radius 1 is 1.00 bits per heavy atom. The molecule has 4 nitrogen and oxygen atoms in total. The van der Waals surface area contributed by atoms with Gasteiger partial charge >= 0.3 is 0 Å². The first-order valence-corrected chi connectivity index (χ1v) is 8.81. The van der Waals surface area contributed by atoms with E-state index in [0.717, 1.165) is 18.4 Å². The van der Waals surface area contributed by atoms with E-state index in [0.29, 0.717) is 25.2 Å². The van der Waals surface area contributed by atoms with Crippen LogP contribution in [0.15, 0.2) is 54.6 Å². The Morgan fingerprint density at radius 2 is 1.64 bits per heavy atom. The summed E-state index contributed by atoms with van der Waals surface area (Å²) in [4.78, 5) is 26.7. The van der Waals surface area contributed by atoms with E-state index >= 15 is 0 Å². The lowest BCUT2D eigenvalue weighted by molar-refractivity contribution is -0.126. The molecule has 1 saturated heterocycles. The first-order chi connectivity index (χ1) is 12.1. The van der Waals surface area contributed by atoms with E-state index in [1.165, 1.54) is 5.56 Å². The van der Waals surface area contributed by atoms with Gasteiger partial charge < -0.3 is 10.2 Å². The molecule has 1 heterocycles. The number of benzene rings is 2. The van der Waals surface area contributed by atoms with Crippen molar-refractivity contribution < 1.29 is 9.59 Å². The van der Waals surface area contributed by atoms with Crippen molar-refractivity contribution in [2.75, 3.05) is 13.1 Å². The molecule has 0 spiro atoms. The highest BCUT2D eigenvalue weighted by atomic mass is 16.2. The Balaban J connectivity index is 1.49. The highest BCUT2D eigenvalue weighted by molar-refractivity contribution is 5.94. The van der Waals surface area contributed by atoms with E-state index in [4.69, 9.17) is 0 Å². The highest BCUT2D eigenvalue weighted by Gasteiger charge is 2.27. The lowest BCUT2D eigenvalue weighted by atomic mass is 9.95. The van der Waals surface area contributed by atoms with Gasteiger partial charge in [0, 0.05) is 31.1 Å². The second-order valence-corrected chi connectivity index (χ2v) is 6.58. The highest BCUT2D eigenvalue weighted by Crippen LogP contribution is 2.19. The SMILES string of the molecule is Cc1ccccc1CNC(=O)C1CCN(C(=O)c2ccccc2)CC1. The van der Waals surface area contributed by atoms with Crippen LogP contribution in [0.4, 0.5) is 0 Å². The van der Waals surface area contributed by atoms with Crippen molar-refractivity contribution in [3.8, 4) is 0 Å². The first kappa shape index (κ1) is 17.2. The molecule has 2 aromatic carbocycles. The summed E-state index contributed by atoms with van der Waals surface area (Å²) in [5.74, 6) is 0.137. The van der Waals surface area contributed by atoms with Gasteiger partial charge in [0.15, 0.2) is 0 Å². The Hall–Kier alpha value is -2.62. The predicted molar refractivity (Wildman–Crippen MR) is 98.1 cm³/mol. The minimum atomic E-state index is -0.0103.